The van der Waals surface area contributed by atoms with E-state index in [0.29, 0.717) is 19.4 Å². The van der Waals surface area contributed by atoms with Crippen LogP contribution < -0.4 is 5.32 Å². The van der Waals surface area contributed by atoms with E-state index in [4.69, 9.17) is 9.84 Å². The molecule has 5 nitrogen and oxygen atoms in total. The van der Waals surface area contributed by atoms with Crippen LogP contribution in [0, 0.1) is 0 Å². The lowest BCUT2D eigenvalue weighted by atomic mass is 9.96. The quantitative estimate of drug-likeness (QED) is 0.661. The van der Waals surface area contributed by atoms with E-state index in [1.807, 2.05) is 6.92 Å². The Morgan fingerprint density at radius 2 is 2.00 bits per heavy atom. The zero-order valence-corrected chi connectivity index (χ0v) is 9.50. The average molecular weight is 217 g/mol. The summed E-state index contributed by atoms with van der Waals surface area (Å²) >= 11 is 0. The van der Waals surface area contributed by atoms with Gasteiger partial charge in [0.1, 0.15) is 12.1 Å². The average Bonchev–Trinajstić information content (AvgIpc) is 2.14. The van der Waals surface area contributed by atoms with Crippen molar-refractivity contribution in [1.82, 2.24) is 5.32 Å². The molecule has 0 aromatic carbocycles. The van der Waals surface area contributed by atoms with Crippen molar-refractivity contribution in [3.63, 3.8) is 0 Å². The molecule has 0 heterocycles. The maximum atomic E-state index is 11.3. The van der Waals surface area contributed by atoms with E-state index >= 15 is 0 Å². The lowest BCUT2D eigenvalue weighted by Crippen LogP contribution is -2.53. The summed E-state index contributed by atoms with van der Waals surface area (Å²) in [6, 6.07) is 0. The normalized spacial score (nSPS) is 14.3. The second kappa shape index (κ2) is 6.40. The molecule has 0 bridgehead atoms. The number of aliphatic carboxylic acids is 1. The van der Waals surface area contributed by atoms with Gasteiger partial charge in [-0.2, -0.15) is 0 Å². The molecule has 1 amide bonds. The van der Waals surface area contributed by atoms with Gasteiger partial charge in [0.25, 0.3) is 0 Å². The van der Waals surface area contributed by atoms with Crippen LogP contribution in [0.4, 0.5) is 0 Å². The number of nitrogens with one attached hydrogen (secondary N) is 1. The number of rotatable bonds is 7. The number of carbonyl (C=O) groups is 2. The van der Waals surface area contributed by atoms with E-state index in [1.165, 1.54) is 6.92 Å². The number of carboxylic acids is 1. The summed E-state index contributed by atoms with van der Waals surface area (Å²) in [4.78, 5) is 22.3. The predicted molar refractivity (Wildman–Crippen MR) is 55.6 cm³/mol. The van der Waals surface area contributed by atoms with E-state index in [1.54, 1.807) is 6.92 Å². The van der Waals surface area contributed by atoms with Gasteiger partial charge >= 0.3 is 5.97 Å². The van der Waals surface area contributed by atoms with Crippen LogP contribution in [0.3, 0.4) is 0 Å². The van der Waals surface area contributed by atoms with Gasteiger partial charge in [-0.05, 0) is 20.3 Å². The summed E-state index contributed by atoms with van der Waals surface area (Å²) < 4.78 is 4.89. The molecule has 0 spiro atoms. The van der Waals surface area contributed by atoms with Crippen molar-refractivity contribution in [1.29, 1.82) is 0 Å². The molecule has 0 aromatic rings. The van der Waals surface area contributed by atoms with Gasteiger partial charge in [0.2, 0.25) is 5.91 Å². The van der Waals surface area contributed by atoms with Crippen LogP contribution in [0.25, 0.3) is 0 Å². The molecular weight excluding hydrogens is 198 g/mol. The molecule has 0 aromatic heterocycles. The zero-order chi connectivity index (χ0) is 11.9. The number of hydrogen-bond donors (Lipinski definition) is 2. The van der Waals surface area contributed by atoms with Crippen LogP contribution in [-0.2, 0) is 14.3 Å². The standard InChI is InChI=1S/C10H19NO4/c1-4-6-10(3,9(13)14)11-8(12)7-15-5-2/h4-7H2,1-3H3,(H,11,12)(H,13,14). The topological polar surface area (TPSA) is 75.6 Å². The van der Waals surface area contributed by atoms with Crippen LogP contribution in [-0.4, -0.2) is 35.7 Å². The Balaban J connectivity index is 4.28. The summed E-state index contributed by atoms with van der Waals surface area (Å²) in [5.74, 6) is -1.41. The Bertz CT molecular complexity index is 229. The second-order valence-electron chi connectivity index (χ2n) is 3.57. The number of carbonyl (C=O) groups excluding carboxylic acids is 1. The summed E-state index contributed by atoms with van der Waals surface area (Å²) in [6.45, 7) is 5.49. The Labute approximate surface area is 89.8 Å². The molecule has 1 atom stereocenters. The highest BCUT2D eigenvalue weighted by Gasteiger charge is 2.33. The lowest BCUT2D eigenvalue weighted by molar-refractivity contribution is -0.148. The summed E-state index contributed by atoms with van der Waals surface area (Å²) in [5, 5.41) is 11.4. The number of carboxylic acid groups (broad SMARTS) is 1. The van der Waals surface area contributed by atoms with Gasteiger partial charge in [0.15, 0.2) is 0 Å². The fourth-order valence-electron chi connectivity index (χ4n) is 1.26. The lowest BCUT2D eigenvalue weighted by Gasteiger charge is -2.25. The highest BCUT2D eigenvalue weighted by molar-refractivity contribution is 5.87. The van der Waals surface area contributed by atoms with Gasteiger partial charge in [0, 0.05) is 6.61 Å². The molecule has 0 aliphatic heterocycles. The van der Waals surface area contributed by atoms with Crippen molar-refractivity contribution in [3.05, 3.63) is 0 Å². The molecule has 0 saturated heterocycles. The Morgan fingerprint density at radius 3 is 2.40 bits per heavy atom. The monoisotopic (exact) mass is 217 g/mol. The van der Waals surface area contributed by atoms with Gasteiger partial charge in [-0.1, -0.05) is 13.3 Å². The molecule has 2 N–H and O–H groups in total. The molecule has 5 heteroatoms. The van der Waals surface area contributed by atoms with Crippen LogP contribution in [0.5, 0.6) is 0 Å². The van der Waals surface area contributed by atoms with Crippen molar-refractivity contribution in [3.8, 4) is 0 Å². The van der Waals surface area contributed by atoms with Crippen molar-refractivity contribution in [2.45, 2.75) is 39.2 Å². The number of amides is 1. The second-order valence-corrected chi connectivity index (χ2v) is 3.57. The molecule has 88 valence electrons. The minimum absolute atomic E-state index is 0.0942. The van der Waals surface area contributed by atoms with Crippen LogP contribution in [0.2, 0.25) is 0 Å². The van der Waals surface area contributed by atoms with Gasteiger partial charge < -0.3 is 15.2 Å². The molecule has 0 radical (unpaired) electrons. The first-order valence-corrected chi connectivity index (χ1v) is 5.08. The van der Waals surface area contributed by atoms with E-state index in [9.17, 15) is 9.59 Å². The fourth-order valence-corrected chi connectivity index (χ4v) is 1.26. The summed E-state index contributed by atoms with van der Waals surface area (Å²) in [7, 11) is 0. The first-order valence-electron chi connectivity index (χ1n) is 5.08. The van der Waals surface area contributed by atoms with Crippen LogP contribution in [0.15, 0.2) is 0 Å². The van der Waals surface area contributed by atoms with Crippen molar-refractivity contribution in [2.24, 2.45) is 0 Å². The molecule has 0 saturated carbocycles. The Morgan fingerprint density at radius 1 is 1.40 bits per heavy atom. The molecule has 0 aliphatic rings. The van der Waals surface area contributed by atoms with Gasteiger partial charge in [-0.15, -0.1) is 0 Å². The van der Waals surface area contributed by atoms with E-state index in [-0.39, 0.29) is 6.61 Å². The van der Waals surface area contributed by atoms with Gasteiger partial charge in [-0.3, -0.25) is 4.79 Å². The largest absolute Gasteiger partial charge is 0.480 e. The van der Waals surface area contributed by atoms with Crippen LogP contribution in [0.1, 0.15) is 33.6 Å². The van der Waals surface area contributed by atoms with Crippen molar-refractivity contribution >= 4 is 11.9 Å². The van der Waals surface area contributed by atoms with E-state index in [2.05, 4.69) is 5.32 Å². The maximum absolute atomic E-state index is 11.3. The third-order valence-electron chi connectivity index (χ3n) is 2.07. The summed E-state index contributed by atoms with van der Waals surface area (Å²) in [5.41, 5.74) is -1.19. The third kappa shape index (κ3) is 4.78. The van der Waals surface area contributed by atoms with E-state index < -0.39 is 17.4 Å². The molecule has 0 aliphatic carbocycles. The smallest absolute Gasteiger partial charge is 0.329 e. The van der Waals surface area contributed by atoms with Crippen LogP contribution >= 0.6 is 0 Å². The molecule has 15 heavy (non-hydrogen) atoms. The molecule has 0 fully saturated rings. The predicted octanol–water partition coefficient (Wildman–Crippen LogP) is 0.782. The minimum atomic E-state index is -1.19. The first-order chi connectivity index (χ1) is 6.96. The molecule has 0 rings (SSSR count). The van der Waals surface area contributed by atoms with Gasteiger partial charge in [-0.25, -0.2) is 4.79 Å². The Hall–Kier alpha value is -1.10. The molecule has 1 unspecified atom stereocenters. The number of hydrogen-bond acceptors (Lipinski definition) is 3. The first kappa shape index (κ1) is 13.9. The SMILES string of the molecule is CCCC(C)(NC(=O)COCC)C(=O)O. The van der Waals surface area contributed by atoms with E-state index in [0.717, 1.165) is 0 Å². The minimum Gasteiger partial charge on any atom is -0.480 e. The maximum Gasteiger partial charge on any atom is 0.329 e. The van der Waals surface area contributed by atoms with Crippen molar-refractivity contribution in [2.75, 3.05) is 13.2 Å². The zero-order valence-electron chi connectivity index (χ0n) is 9.50. The highest BCUT2D eigenvalue weighted by atomic mass is 16.5. The number of ether oxygens (including phenoxy) is 1. The van der Waals surface area contributed by atoms with Gasteiger partial charge in [0.05, 0.1) is 0 Å². The highest BCUT2D eigenvalue weighted by Crippen LogP contribution is 2.12. The fraction of sp³-hybridized carbons (Fsp3) is 0.800. The Kier molecular flexibility index (Phi) is 5.93. The molecular formula is C10H19NO4. The third-order valence-corrected chi connectivity index (χ3v) is 2.07. The summed E-state index contributed by atoms with van der Waals surface area (Å²) in [6.07, 6.45) is 1.10. The van der Waals surface area contributed by atoms with Crippen molar-refractivity contribution < 1.29 is 19.4 Å².